The minimum atomic E-state index is -1.32. The van der Waals surface area contributed by atoms with E-state index in [0.29, 0.717) is 0 Å². The molecule has 1 fully saturated rings. The Labute approximate surface area is 91.1 Å². The van der Waals surface area contributed by atoms with E-state index in [0.717, 1.165) is 23.0 Å². The zero-order chi connectivity index (χ0) is 11.2. The van der Waals surface area contributed by atoms with Crippen LogP contribution in [0.1, 0.15) is 34.6 Å². The lowest BCUT2D eigenvalue weighted by atomic mass is 9.84. The third-order valence-corrected chi connectivity index (χ3v) is 12.3. The van der Waals surface area contributed by atoms with E-state index >= 15 is 0 Å². The van der Waals surface area contributed by atoms with E-state index in [2.05, 4.69) is 47.1 Å². The van der Waals surface area contributed by atoms with E-state index in [4.69, 9.17) is 0 Å². The van der Waals surface area contributed by atoms with Crippen LogP contribution in [0.2, 0.25) is 0 Å². The van der Waals surface area contributed by atoms with Gasteiger partial charge in [-0.05, 0) is 47.0 Å². The first kappa shape index (κ1) is 12.4. The van der Waals surface area contributed by atoms with Crippen LogP contribution in [0.15, 0.2) is 0 Å². The van der Waals surface area contributed by atoms with Crippen LogP contribution in [0, 0.1) is 17.8 Å². The average molecular weight is 218 g/mol. The molecule has 0 saturated carbocycles. The van der Waals surface area contributed by atoms with E-state index in [1.165, 1.54) is 11.5 Å². The van der Waals surface area contributed by atoms with Gasteiger partial charge in [-0.25, -0.2) is 0 Å². The molecule has 88 valence electrons. The fourth-order valence-corrected chi connectivity index (χ4v) is 9.04. The van der Waals surface area contributed by atoms with Crippen LogP contribution in [0.5, 0.6) is 0 Å². The zero-order valence-electron chi connectivity index (χ0n) is 11.2. The van der Waals surface area contributed by atoms with Gasteiger partial charge in [-0.1, -0.05) is 34.6 Å². The number of thiol groups is 1. The Morgan fingerprint density at radius 3 is 1.93 bits per heavy atom. The summed E-state index contributed by atoms with van der Waals surface area (Å²) in [7, 11) is -1.32. The summed E-state index contributed by atoms with van der Waals surface area (Å²) in [6.07, 6.45) is 5.27. The molecular weight excluding hydrogens is 188 g/mol. The fourth-order valence-electron chi connectivity index (χ4n) is 3.93. The molecule has 1 heteroatoms. The van der Waals surface area contributed by atoms with Crippen molar-refractivity contribution in [2.24, 2.45) is 17.8 Å². The summed E-state index contributed by atoms with van der Waals surface area (Å²) in [6, 6.07) is 0. The SMILES string of the molecule is CC[SH]1(C)(C)CC(C)C(C(C)C)C1C. The maximum absolute atomic E-state index is 2.63. The third kappa shape index (κ3) is 1.73. The van der Waals surface area contributed by atoms with Crippen molar-refractivity contribution < 1.29 is 0 Å². The molecule has 0 radical (unpaired) electrons. The Balaban J connectivity index is 3.00. The van der Waals surface area contributed by atoms with Crippen molar-refractivity contribution in [2.45, 2.75) is 39.9 Å². The molecule has 0 aliphatic carbocycles. The molecule has 0 nitrogen and oxygen atoms in total. The zero-order valence-corrected chi connectivity index (χ0v) is 12.1. The van der Waals surface area contributed by atoms with Crippen molar-refractivity contribution in [3.63, 3.8) is 0 Å². The van der Waals surface area contributed by atoms with Crippen molar-refractivity contribution in [1.82, 2.24) is 0 Å². The molecule has 1 aliphatic heterocycles. The Morgan fingerprint density at radius 2 is 1.71 bits per heavy atom. The minimum Gasteiger partial charge on any atom is -0.285 e. The molecule has 1 heterocycles. The summed E-state index contributed by atoms with van der Waals surface area (Å²) in [5, 5.41) is 0.987. The quantitative estimate of drug-likeness (QED) is 0.672. The highest BCUT2D eigenvalue weighted by atomic mass is 32.3. The standard InChI is InChI=1S/C13H30S/c1-8-14(6,7)9-11(4)13(10(2)3)12(14)5/h10-14H,8-9H2,1-7H3. The molecule has 3 unspecified atom stereocenters. The van der Waals surface area contributed by atoms with Crippen molar-refractivity contribution in [2.75, 3.05) is 24.0 Å². The molecule has 1 saturated heterocycles. The summed E-state index contributed by atoms with van der Waals surface area (Å²) >= 11 is 0. The predicted octanol–water partition coefficient (Wildman–Crippen LogP) is 3.65. The Morgan fingerprint density at radius 1 is 1.21 bits per heavy atom. The number of rotatable bonds is 2. The van der Waals surface area contributed by atoms with Crippen molar-refractivity contribution >= 4 is 9.16 Å². The average Bonchev–Trinajstić information content (AvgIpc) is 2.21. The predicted molar refractivity (Wildman–Crippen MR) is 73.2 cm³/mol. The van der Waals surface area contributed by atoms with Crippen molar-refractivity contribution in [3.05, 3.63) is 0 Å². The summed E-state index contributed by atoms with van der Waals surface area (Å²) < 4.78 is 0. The molecule has 0 N–H and O–H groups in total. The van der Waals surface area contributed by atoms with Gasteiger partial charge in [-0.2, -0.15) is 0 Å². The number of hydrogen-bond acceptors (Lipinski definition) is 0. The Kier molecular flexibility index (Phi) is 3.05. The van der Waals surface area contributed by atoms with Crippen LogP contribution < -0.4 is 0 Å². The molecule has 0 aromatic carbocycles. The first-order valence-electron chi connectivity index (χ1n) is 6.21. The normalized spacial score (nSPS) is 43.4. The Hall–Kier alpha value is 0.350. The largest absolute Gasteiger partial charge is 0.285 e. The van der Waals surface area contributed by atoms with Gasteiger partial charge in [0, 0.05) is 0 Å². The van der Waals surface area contributed by atoms with E-state index in [9.17, 15) is 0 Å². The topological polar surface area (TPSA) is 0 Å². The van der Waals surface area contributed by atoms with Gasteiger partial charge in [-0.15, -0.1) is 0 Å². The van der Waals surface area contributed by atoms with Crippen molar-refractivity contribution in [1.29, 1.82) is 0 Å². The van der Waals surface area contributed by atoms with Gasteiger partial charge >= 0.3 is 0 Å². The van der Waals surface area contributed by atoms with Gasteiger partial charge in [0.05, 0.1) is 0 Å². The van der Waals surface area contributed by atoms with Crippen LogP contribution in [-0.4, -0.2) is 29.3 Å². The van der Waals surface area contributed by atoms with E-state index in [-0.39, 0.29) is 0 Å². The molecule has 3 atom stereocenters. The van der Waals surface area contributed by atoms with Crippen LogP contribution in [-0.2, 0) is 0 Å². The van der Waals surface area contributed by atoms with Gasteiger partial charge in [-0.3, -0.25) is 9.16 Å². The lowest BCUT2D eigenvalue weighted by Gasteiger charge is -2.56. The van der Waals surface area contributed by atoms with Gasteiger partial charge in [0.15, 0.2) is 0 Å². The lowest BCUT2D eigenvalue weighted by Crippen LogP contribution is -2.31. The first-order valence-corrected chi connectivity index (χ1v) is 9.78. The van der Waals surface area contributed by atoms with Crippen LogP contribution in [0.25, 0.3) is 0 Å². The molecule has 1 rings (SSSR count). The van der Waals surface area contributed by atoms with E-state index in [1.807, 2.05) is 0 Å². The summed E-state index contributed by atoms with van der Waals surface area (Å²) in [5.74, 6) is 5.78. The smallest absolute Gasteiger partial charge is 0.0238 e. The molecule has 0 aromatic heterocycles. The minimum absolute atomic E-state index is 0.871. The van der Waals surface area contributed by atoms with Crippen LogP contribution in [0.3, 0.4) is 0 Å². The highest BCUT2D eigenvalue weighted by Crippen LogP contribution is 2.75. The second-order valence-electron chi connectivity index (χ2n) is 6.86. The maximum atomic E-state index is 2.63. The molecule has 0 aromatic rings. The van der Waals surface area contributed by atoms with E-state index in [1.54, 1.807) is 0 Å². The van der Waals surface area contributed by atoms with Crippen molar-refractivity contribution in [3.8, 4) is 0 Å². The van der Waals surface area contributed by atoms with Crippen LogP contribution >= 0.6 is 9.16 Å². The molecular formula is C13H30S. The molecule has 0 amide bonds. The second kappa shape index (κ2) is 3.43. The van der Waals surface area contributed by atoms with E-state index < -0.39 is 9.16 Å². The van der Waals surface area contributed by atoms with Gasteiger partial charge in [0.1, 0.15) is 0 Å². The highest BCUT2D eigenvalue weighted by Gasteiger charge is 2.49. The van der Waals surface area contributed by atoms with Gasteiger partial charge in [0.25, 0.3) is 0 Å². The first-order chi connectivity index (χ1) is 6.21. The Bertz CT molecular complexity index is 217. The molecule has 0 spiro atoms. The fraction of sp³-hybridized carbons (Fsp3) is 1.00. The summed E-state index contributed by atoms with van der Waals surface area (Å²) in [6.45, 7) is 12.3. The van der Waals surface area contributed by atoms with Gasteiger partial charge in [0.2, 0.25) is 0 Å². The molecule has 14 heavy (non-hydrogen) atoms. The third-order valence-electron chi connectivity index (χ3n) is 5.30. The van der Waals surface area contributed by atoms with Gasteiger partial charge < -0.3 is 0 Å². The maximum Gasteiger partial charge on any atom is -0.0238 e. The molecule has 1 aliphatic rings. The molecule has 0 bridgehead atoms. The summed E-state index contributed by atoms with van der Waals surface area (Å²) in [5.41, 5.74) is 0. The monoisotopic (exact) mass is 218 g/mol. The lowest BCUT2D eigenvalue weighted by molar-refractivity contribution is 0.307. The highest BCUT2D eigenvalue weighted by molar-refractivity contribution is 8.49. The summed E-state index contributed by atoms with van der Waals surface area (Å²) in [4.78, 5) is 0. The second-order valence-corrected chi connectivity index (χ2v) is 14.3. The van der Waals surface area contributed by atoms with Crippen LogP contribution in [0.4, 0.5) is 0 Å². The number of hydrogen-bond donors (Lipinski definition) is 1.